The van der Waals surface area contributed by atoms with E-state index in [1.807, 2.05) is 49.9 Å². The summed E-state index contributed by atoms with van der Waals surface area (Å²) >= 11 is 0. The van der Waals surface area contributed by atoms with Crippen molar-refractivity contribution in [2.45, 2.75) is 77.4 Å². The predicted molar refractivity (Wildman–Crippen MR) is 120 cm³/mol. The van der Waals surface area contributed by atoms with E-state index < -0.39 is 5.60 Å². The molecule has 1 aliphatic heterocycles. The summed E-state index contributed by atoms with van der Waals surface area (Å²) in [5.74, 6) is -0.0241. The minimum atomic E-state index is -0.535. The maximum absolute atomic E-state index is 13.3. The van der Waals surface area contributed by atoms with Gasteiger partial charge in [0.25, 0.3) is 0 Å². The van der Waals surface area contributed by atoms with E-state index in [1.54, 1.807) is 4.90 Å². The molecule has 1 spiro atoms. The molecule has 170 valence electrons. The van der Waals surface area contributed by atoms with E-state index in [4.69, 9.17) is 4.74 Å². The largest absolute Gasteiger partial charge is 0.444 e. The first kappa shape index (κ1) is 23.1. The number of ether oxygens (including phenoxy) is 1. The molecule has 3 rings (SSSR count). The van der Waals surface area contributed by atoms with Crippen LogP contribution < -0.4 is 5.32 Å². The highest BCUT2D eigenvalue weighted by Gasteiger charge is 2.46. The molecule has 1 saturated carbocycles. The van der Waals surface area contributed by atoms with Gasteiger partial charge < -0.3 is 19.9 Å². The number of amides is 3. The van der Waals surface area contributed by atoms with Crippen LogP contribution in [0, 0.1) is 0 Å². The quantitative estimate of drug-likeness (QED) is 0.789. The summed E-state index contributed by atoms with van der Waals surface area (Å²) in [7, 11) is 0. The van der Waals surface area contributed by atoms with Crippen molar-refractivity contribution in [3.05, 3.63) is 29.8 Å². The van der Waals surface area contributed by atoms with Crippen molar-refractivity contribution in [2.24, 2.45) is 0 Å². The maximum atomic E-state index is 13.3. The van der Waals surface area contributed by atoms with Crippen LogP contribution in [0.5, 0.6) is 0 Å². The Labute approximate surface area is 185 Å². The Hall–Kier alpha value is -2.57. The molecule has 7 nitrogen and oxygen atoms in total. The number of hydrogen-bond donors (Lipinski definition) is 1. The molecule has 31 heavy (non-hydrogen) atoms. The van der Waals surface area contributed by atoms with Gasteiger partial charge in [0, 0.05) is 32.2 Å². The second kappa shape index (κ2) is 9.28. The topological polar surface area (TPSA) is 79.0 Å². The van der Waals surface area contributed by atoms with Crippen LogP contribution >= 0.6 is 0 Å². The highest BCUT2D eigenvalue weighted by Crippen LogP contribution is 2.37. The minimum absolute atomic E-state index is 0.0954. The SMILES string of the molecule is CC(=O)Nc1ccc(CC(=O)N2CCN(C(=O)OC(C)(C)C)CC23CCCCC3)cc1. The van der Waals surface area contributed by atoms with Crippen LogP contribution in [-0.2, 0) is 20.7 Å². The molecular formula is C24H35N3O4. The number of piperazine rings is 1. The highest BCUT2D eigenvalue weighted by atomic mass is 16.6. The van der Waals surface area contributed by atoms with Crippen molar-refractivity contribution in [3.63, 3.8) is 0 Å². The van der Waals surface area contributed by atoms with E-state index in [0.717, 1.165) is 36.9 Å². The summed E-state index contributed by atoms with van der Waals surface area (Å²) in [5.41, 5.74) is 0.798. The van der Waals surface area contributed by atoms with Gasteiger partial charge in [0.15, 0.2) is 0 Å². The van der Waals surface area contributed by atoms with Crippen LogP contribution in [0.3, 0.4) is 0 Å². The van der Waals surface area contributed by atoms with Crippen molar-refractivity contribution in [1.82, 2.24) is 9.80 Å². The standard InChI is InChI=1S/C24H35N3O4/c1-18(28)25-20-10-8-19(9-11-20)16-21(29)27-15-14-26(22(30)31-23(2,3)4)17-24(27)12-6-5-7-13-24/h8-11H,5-7,12-17H2,1-4H3,(H,25,28). The molecule has 7 heteroatoms. The molecule has 1 N–H and O–H groups in total. The van der Waals surface area contributed by atoms with Crippen LogP contribution in [0.4, 0.5) is 10.5 Å². The third kappa shape index (κ3) is 5.99. The van der Waals surface area contributed by atoms with Crippen LogP contribution in [-0.4, -0.2) is 58.5 Å². The lowest BCUT2D eigenvalue weighted by atomic mass is 9.78. The van der Waals surface area contributed by atoms with Gasteiger partial charge in [-0.2, -0.15) is 0 Å². The summed E-state index contributed by atoms with van der Waals surface area (Å²) in [6.07, 6.45) is 5.15. The monoisotopic (exact) mass is 429 g/mol. The van der Waals surface area contributed by atoms with E-state index in [0.29, 0.717) is 26.1 Å². The van der Waals surface area contributed by atoms with Crippen LogP contribution in [0.15, 0.2) is 24.3 Å². The number of hydrogen-bond acceptors (Lipinski definition) is 4. The third-order valence-corrected chi connectivity index (χ3v) is 6.02. The summed E-state index contributed by atoms with van der Waals surface area (Å²) in [6, 6.07) is 7.41. The van der Waals surface area contributed by atoms with Gasteiger partial charge in [0.2, 0.25) is 11.8 Å². The molecule has 1 aromatic rings. The Kier molecular flexibility index (Phi) is 6.92. The van der Waals surface area contributed by atoms with Gasteiger partial charge >= 0.3 is 6.09 Å². The summed E-state index contributed by atoms with van der Waals surface area (Å²) in [4.78, 5) is 41.0. The minimum Gasteiger partial charge on any atom is -0.444 e. The molecule has 0 unspecified atom stereocenters. The average Bonchev–Trinajstić information content (AvgIpc) is 2.68. The van der Waals surface area contributed by atoms with Gasteiger partial charge in [-0.3, -0.25) is 9.59 Å². The smallest absolute Gasteiger partial charge is 0.410 e. The Morgan fingerprint density at radius 2 is 1.68 bits per heavy atom. The van der Waals surface area contributed by atoms with Gasteiger partial charge in [-0.1, -0.05) is 31.4 Å². The number of benzene rings is 1. The lowest BCUT2D eigenvalue weighted by Crippen LogP contribution is -2.65. The Morgan fingerprint density at radius 3 is 2.26 bits per heavy atom. The first-order chi connectivity index (χ1) is 14.6. The molecule has 3 amide bonds. The molecule has 1 aromatic carbocycles. The van der Waals surface area contributed by atoms with Gasteiger partial charge in [0.05, 0.1) is 12.0 Å². The number of carbonyl (C=O) groups excluding carboxylic acids is 3. The zero-order valence-corrected chi connectivity index (χ0v) is 19.2. The fraction of sp³-hybridized carbons (Fsp3) is 0.625. The van der Waals surface area contributed by atoms with Crippen LogP contribution in [0.1, 0.15) is 65.4 Å². The molecule has 0 aromatic heterocycles. The molecular weight excluding hydrogens is 394 g/mol. The zero-order valence-electron chi connectivity index (χ0n) is 19.2. The maximum Gasteiger partial charge on any atom is 0.410 e. The van der Waals surface area contributed by atoms with E-state index in [9.17, 15) is 14.4 Å². The number of anilines is 1. The molecule has 0 radical (unpaired) electrons. The number of rotatable bonds is 3. The summed E-state index contributed by atoms with van der Waals surface area (Å²) < 4.78 is 5.59. The van der Waals surface area contributed by atoms with Gasteiger partial charge in [-0.05, 0) is 51.3 Å². The molecule has 1 aliphatic carbocycles. The molecule has 1 heterocycles. The summed E-state index contributed by atoms with van der Waals surface area (Å²) in [5, 5.41) is 2.74. The third-order valence-electron chi connectivity index (χ3n) is 6.02. The Balaban J connectivity index is 1.71. The van der Waals surface area contributed by atoms with E-state index in [-0.39, 0.29) is 23.4 Å². The van der Waals surface area contributed by atoms with Crippen molar-refractivity contribution in [2.75, 3.05) is 25.0 Å². The van der Waals surface area contributed by atoms with E-state index in [1.165, 1.54) is 13.3 Å². The second-order valence-electron chi connectivity index (χ2n) is 9.79. The molecule has 0 atom stereocenters. The molecule has 2 aliphatic rings. The van der Waals surface area contributed by atoms with Crippen molar-refractivity contribution < 1.29 is 19.1 Å². The average molecular weight is 430 g/mol. The zero-order chi connectivity index (χ0) is 22.6. The second-order valence-corrected chi connectivity index (χ2v) is 9.79. The fourth-order valence-electron chi connectivity index (χ4n) is 4.67. The van der Waals surface area contributed by atoms with Crippen molar-refractivity contribution >= 4 is 23.6 Å². The Bertz CT molecular complexity index is 807. The lowest BCUT2D eigenvalue weighted by molar-refractivity contribution is -0.143. The highest BCUT2D eigenvalue weighted by molar-refractivity contribution is 5.88. The van der Waals surface area contributed by atoms with Crippen LogP contribution in [0.2, 0.25) is 0 Å². The first-order valence-corrected chi connectivity index (χ1v) is 11.2. The van der Waals surface area contributed by atoms with Gasteiger partial charge in [-0.25, -0.2) is 4.79 Å². The fourth-order valence-corrected chi connectivity index (χ4v) is 4.67. The van der Waals surface area contributed by atoms with E-state index >= 15 is 0 Å². The van der Waals surface area contributed by atoms with Crippen LogP contribution in [0.25, 0.3) is 0 Å². The molecule has 2 fully saturated rings. The lowest BCUT2D eigenvalue weighted by Gasteiger charge is -2.52. The van der Waals surface area contributed by atoms with E-state index in [2.05, 4.69) is 5.32 Å². The first-order valence-electron chi connectivity index (χ1n) is 11.2. The van der Waals surface area contributed by atoms with Gasteiger partial charge in [-0.15, -0.1) is 0 Å². The Morgan fingerprint density at radius 1 is 1.03 bits per heavy atom. The van der Waals surface area contributed by atoms with Crippen molar-refractivity contribution in [1.29, 1.82) is 0 Å². The van der Waals surface area contributed by atoms with Gasteiger partial charge in [0.1, 0.15) is 5.60 Å². The normalized spacial score (nSPS) is 18.6. The predicted octanol–water partition coefficient (Wildman–Crippen LogP) is 3.97. The summed E-state index contributed by atoms with van der Waals surface area (Å²) in [6.45, 7) is 8.65. The molecule has 0 bridgehead atoms. The van der Waals surface area contributed by atoms with Crippen molar-refractivity contribution in [3.8, 4) is 0 Å². The molecule has 1 saturated heterocycles. The number of nitrogens with one attached hydrogen (secondary N) is 1. The number of nitrogens with zero attached hydrogens (tertiary/aromatic N) is 2. The number of carbonyl (C=O) groups is 3.